The number of hydrogen-bond acceptors (Lipinski definition) is 8. The first kappa shape index (κ1) is 26.9. The van der Waals surface area contributed by atoms with E-state index in [2.05, 4.69) is 28.6 Å². The number of benzene rings is 1. The average molecular weight is 470 g/mol. The van der Waals surface area contributed by atoms with Crippen LogP contribution in [0.4, 0.5) is 0 Å². The van der Waals surface area contributed by atoms with Crippen molar-refractivity contribution in [3.63, 3.8) is 0 Å². The van der Waals surface area contributed by atoms with E-state index < -0.39 is 66.8 Å². The van der Waals surface area contributed by atoms with E-state index in [1.165, 1.54) is 0 Å². The van der Waals surface area contributed by atoms with Crippen LogP contribution in [0.1, 0.15) is 12.0 Å². The second-order valence-electron chi connectivity index (χ2n) is 6.85. The molecule has 0 radical (unpaired) electrons. The lowest BCUT2D eigenvalue weighted by atomic mass is 10.0. The van der Waals surface area contributed by atoms with E-state index in [9.17, 15) is 24.0 Å². The molecule has 176 valence electrons. The Morgan fingerprint density at radius 2 is 1.44 bits per heavy atom. The summed E-state index contributed by atoms with van der Waals surface area (Å²) in [6, 6.07) is 3.43. The molecule has 0 aliphatic heterocycles. The molecule has 0 spiro atoms. The molecule has 0 fully saturated rings. The van der Waals surface area contributed by atoms with Gasteiger partial charge in [-0.1, -0.05) is 30.3 Å². The maximum Gasteiger partial charge on any atom is 0.326 e. The molecule has 32 heavy (non-hydrogen) atoms. The molecule has 0 saturated carbocycles. The number of primary amides is 1. The summed E-state index contributed by atoms with van der Waals surface area (Å²) in [5.74, 6) is -5.06. The summed E-state index contributed by atoms with van der Waals surface area (Å²) in [4.78, 5) is 59.6. The highest BCUT2D eigenvalue weighted by Gasteiger charge is 2.30. The number of nitrogens with two attached hydrogens (primary N) is 2. The van der Waals surface area contributed by atoms with Gasteiger partial charge in [-0.05, 0) is 5.56 Å². The number of rotatable bonds is 13. The topological polar surface area (TPSA) is 214 Å². The summed E-state index contributed by atoms with van der Waals surface area (Å²) in [6.07, 6.45) is -0.586. The number of carboxylic acids is 1. The van der Waals surface area contributed by atoms with Crippen molar-refractivity contribution in [2.24, 2.45) is 11.5 Å². The molecule has 1 rings (SSSR count). The van der Waals surface area contributed by atoms with E-state index in [-0.39, 0.29) is 12.2 Å². The Hall–Kier alpha value is -3.16. The van der Waals surface area contributed by atoms with Gasteiger partial charge in [-0.25, -0.2) is 4.79 Å². The van der Waals surface area contributed by atoms with Crippen LogP contribution in [0.25, 0.3) is 0 Å². The summed E-state index contributed by atoms with van der Waals surface area (Å²) >= 11 is 4.00. The minimum atomic E-state index is -1.58. The molecule has 0 aliphatic carbocycles. The standard InChI is InChI=1S/C19H27N5O7S/c20-11(8-25)16(27)22-12(6-10-4-2-1-3-5-10)17(28)24-14(9-32)18(29)23-13(19(30)31)7-15(21)26/h1-5,11-14,25,32H,6-9,20H2,(H2,21,26)(H,22,27)(H,23,29)(H,24,28)(H,30,31). The molecule has 4 atom stereocenters. The molecular formula is C19H27N5O7S. The van der Waals surface area contributed by atoms with Crippen LogP contribution in [0.5, 0.6) is 0 Å². The molecule has 13 heteroatoms. The van der Waals surface area contributed by atoms with Crippen molar-refractivity contribution < 1.29 is 34.2 Å². The Morgan fingerprint density at radius 3 is 1.94 bits per heavy atom. The Labute approximate surface area is 189 Å². The van der Waals surface area contributed by atoms with Gasteiger partial charge in [-0.3, -0.25) is 19.2 Å². The Morgan fingerprint density at radius 1 is 0.906 bits per heavy atom. The lowest BCUT2D eigenvalue weighted by Gasteiger charge is -2.24. The molecule has 0 heterocycles. The molecule has 0 bridgehead atoms. The van der Waals surface area contributed by atoms with Gasteiger partial charge >= 0.3 is 5.97 Å². The quantitative estimate of drug-likeness (QED) is 0.138. The minimum Gasteiger partial charge on any atom is -0.480 e. The Kier molecular flexibility index (Phi) is 11.2. The highest BCUT2D eigenvalue weighted by molar-refractivity contribution is 7.80. The van der Waals surface area contributed by atoms with Gasteiger partial charge in [0.25, 0.3) is 0 Å². The first-order valence-corrected chi connectivity index (χ1v) is 10.2. The predicted octanol–water partition coefficient (Wildman–Crippen LogP) is -3.11. The second-order valence-corrected chi connectivity index (χ2v) is 7.22. The minimum absolute atomic E-state index is 0.0525. The van der Waals surface area contributed by atoms with Crippen molar-refractivity contribution in [3.8, 4) is 0 Å². The van der Waals surface area contributed by atoms with Crippen LogP contribution >= 0.6 is 12.6 Å². The molecule has 4 unspecified atom stereocenters. The summed E-state index contributed by atoms with van der Waals surface area (Å²) in [5.41, 5.74) is 11.2. The number of carbonyl (C=O) groups excluding carboxylic acids is 4. The van der Waals surface area contributed by atoms with Crippen molar-refractivity contribution in [1.29, 1.82) is 0 Å². The fraction of sp³-hybridized carbons (Fsp3) is 0.421. The number of thiol groups is 1. The molecule has 0 aliphatic rings. The first-order chi connectivity index (χ1) is 15.1. The largest absolute Gasteiger partial charge is 0.480 e. The number of carbonyl (C=O) groups is 5. The van der Waals surface area contributed by atoms with E-state index in [0.717, 1.165) is 0 Å². The summed E-state index contributed by atoms with van der Waals surface area (Å²) in [6.45, 7) is -0.635. The lowest BCUT2D eigenvalue weighted by molar-refractivity contribution is -0.143. The van der Waals surface area contributed by atoms with E-state index in [4.69, 9.17) is 21.7 Å². The Balaban J connectivity index is 2.96. The first-order valence-electron chi connectivity index (χ1n) is 9.52. The lowest BCUT2D eigenvalue weighted by Crippen LogP contribution is -2.58. The highest BCUT2D eigenvalue weighted by atomic mass is 32.1. The number of carboxylic acid groups (broad SMARTS) is 1. The third-order valence-electron chi connectivity index (χ3n) is 4.28. The van der Waals surface area contributed by atoms with Gasteiger partial charge in [0, 0.05) is 12.2 Å². The van der Waals surface area contributed by atoms with Gasteiger partial charge in [0.05, 0.1) is 13.0 Å². The number of hydrogen-bond donors (Lipinski definition) is 8. The van der Waals surface area contributed by atoms with E-state index >= 15 is 0 Å². The second kappa shape index (κ2) is 13.3. The SMILES string of the molecule is NC(=O)CC(NC(=O)C(CS)NC(=O)C(Cc1ccccc1)NC(=O)C(N)CO)C(=O)O. The molecule has 1 aromatic carbocycles. The molecule has 1 aromatic rings. The molecule has 4 amide bonds. The smallest absolute Gasteiger partial charge is 0.326 e. The van der Waals surface area contributed by atoms with Gasteiger partial charge in [-0.2, -0.15) is 12.6 Å². The van der Waals surface area contributed by atoms with Crippen molar-refractivity contribution in [2.45, 2.75) is 37.0 Å². The fourth-order valence-electron chi connectivity index (χ4n) is 2.56. The van der Waals surface area contributed by atoms with Crippen LogP contribution < -0.4 is 27.4 Å². The highest BCUT2D eigenvalue weighted by Crippen LogP contribution is 2.05. The van der Waals surface area contributed by atoms with Crippen LogP contribution in [0.2, 0.25) is 0 Å². The van der Waals surface area contributed by atoms with E-state index in [1.54, 1.807) is 30.3 Å². The summed E-state index contributed by atoms with van der Waals surface area (Å²) in [7, 11) is 0. The van der Waals surface area contributed by atoms with E-state index in [0.29, 0.717) is 5.56 Å². The Bertz CT molecular complexity index is 824. The number of aliphatic hydroxyl groups is 1. The maximum atomic E-state index is 12.8. The molecule has 12 nitrogen and oxygen atoms in total. The zero-order valence-corrected chi connectivity index (χ0v) is 18.0. The zero-order chi connectivity index (χ0) is 24.3. The number of aliphatic hydroxyl groups excluding tert-OH is 1. The van der Waals surface area contributed by atoms with Crippen LogP contribution in [0.15, 0.2) is 30.3 Å². The van der Waals surface area contributed by atoms with E-state index in [1.807, 2.05) is 0 Å². The molecule has 0 saturated heterocycles. The number of amides is 4. The molecule has 0 aromatic heterocycles. The van der Waals surface area contributed by atoms with Crippen LogP contribution in [-0.4, -0.2) is 76.3 Å². The fourth-order valence-corrected chi connectivity index (χ4v) is 2.82. The van der Waals surface area contributed by atoms with Crippen molar-refractivity contribution >= 4 is 42.2 Å². The van der Waals surface area contributed by atoms with Crippen molar-refractivity contribution in [3.05, 3.63) is 35.9 Å². The van der Waals surface area contributed by atoms with Crippen molar-refractivity contribution in [1.82, 2.24) is 16.0 Å². The number of aliphatic carboxylic acids is 1. The number of nitrogens with one attached hydrogen (secondary N) is 3. The average Bonchev–Trinajstić information content (AvgIpc) is 2.75. The molecular weight excluding hydrogens is 442 g/mol. The monoisotopic (exact) mass is 469 g/mol. The molecule has 9 N–H and O–H groups in total. The summed E-state index contributed by atoms with van der Waals surface area (Å²) in [5, 5.41) is 25.1. The van der Waals surface area contributed by atoms with Gasteiger partial charge in [0.15, 0.2) is 0 Å². The maximum absolute atomic E-state index is 12.8. The predicted molar refractivity (Wildman–Crippen MR) is 116 cm³/mol. The van der Waals surface area contributed by atoms with Crippen LogP contribution in [0, 0.1) is 0 Å². The van der Waals surface area contributed by atoms with Gasteiger partial charge in [0.2, 0.25) is 23.6 Å². The third-order valence-corrected chi connectivity index (χ3v) is 4.65. The van der Waals surface area contributed by atoms with Crippen molar-refractivity contribution in [2.75, 3.05) is 12.4 Å². The van der Waals surface area contributed by atoms with Gasteiger partial charge in [-0.15, -0.1) is 0 Å². The third kappa shape index (κ3) is 8.91. The summed E-state index contributed by atoms with van der Waals surface area (Å²) < 4.78 is 0. The van der Waals surface area contributed by atoms with Crippen LogP contribution in [-0.2, 0) is 30.4 Å². The van der Waals surface area contributed by atoms with Gasteiger partial charge < -0.3 is 37.6 Å². The van der Waals surface area contributed by atoms with Gasteiger partial charge in [0.1, 0.15) is 24.2 Å². The zero-order valence-electron chi connectivity index (χ0n) is 17.1. The normalized spacial score (nSPS) is 14.3. The van der Waals surface area contributed by atoms with Crippen LogP contribution in [0.3, 0.4) is 0 Å².